The minimum absolute atomic E-state index is 0.0168. The molecule has 1 aromatic rings. The van der Waals surface area contributed by atoms with E-state index in [0.717, 1.165) is 19.3 Å². The molecular formula is C21H32O2. The molecule has 0 bridgehead atoms. The predicted molar refractivity (Wildman–Crippen MR) is 97.8 cm³/mol. The third kappa shape index (κ3) is 5.85. The number of allylic oxidation sites excluding steroid dienone is 2. The van der Waals surface area contributed by atoms with Crippen molar-refractivity contribution in [2.45, 2.75) is 66.7 Å². The number of carbonyl (C=O) groups is 1. The van der Waals surface area contributed by atoms with Gasteiger partial charge in [0, 0.05) is 0 Å². The van der Waals surface area contributed by atoms with Gasteiger partial charge in [0.05, 0.1) is 5.92 Å². The van der Waals surface area contributed by atoms with Gasteiger partial charge in [-0.3, -0.25) is 4.79 Å². The average Bonchev–Trinajstić information content (AvgIpc) is 2.56. The Morgan fingerprint density at radius 3 is 2.22 bits per heavy atom. The fourth-order valence-electron chi connectivity index (χ4n) is 2.53. The maximum absolute atomic E-state index is 12.1. The SMILES string of the molecule is CC.CC(c1ccc(OC(=O)C2CC=CCC2)cc1)C(C)(C)C. The van der Waals surface area contributed by atoms with Crippen LogP contribution in [0.2, 0.25) is 0 Å². The van der Waals surface area contributed by atoms with E-state index in [0.29, 0.717) is 11.7 Å². The molecule has 0 N–H and O–H groups in total. The topological polar surface area (TPSA) is 26.3 Å². The van der Waals surface area contributed by atoms with Crippen molar-refractivity contribution in [3.63, 3.8) is 0 Å². The summed E-state index contributed by atoms with van der Waals surface area (Å²) in [5, 5.41) is 0. The van der Waals surface area contributed by atoms with E-state index in [1.807, 2.05) is 26.0 Å². The molecule has 0 aromatic heterocycles. The lowest BCUT2D eigenvalue weighted by atomic mass is 9.78. The van der Waals surface area contributed by atoms with Gasteiger partial charge < -0.3 is 4.74 Å². The smallest absolute Gasteiger partial charge is 0.314 e. The molecule has 2 heteroatoms. The lowest BCUT2D eigenvalue weighted by Gasteiger charge is -2.27. The summed E-state index contributed by atoms with van der Waals surface area (Å²) >= 11 is 0. The molecule has 0 spiro atoms. The van der Waals surface area contributed by atoms with Gasteiger partial charge in [0.15, 0.2) is 0 Å². The van der Waals surface area contributed by atoms with E-state index in [1.165, 1.54) is 5.56 Å². The van der Waals surface area contributed by atoms with Crippen LogP contribution in [0.1, 0.15) is 72.3 Å². The van der Waals surface area contributed by atoms with E-state index < -0.39 is 0 Å². The van der Waals surface area contributed by atoms with Crippen LogP contribution in [0.3, 0.4) is 0 Å². The van der Waals surface area contributed by atoms with Gasteiger partial charge in [-0.05, 0) is 48.3 Å². The first kappa shape index (κ1) is 19.5. The van der Waals surface area contributed by atoms with Crippen LogP contribution in [0.4, 0.5) is 0 Å². The first-order valence-corrected chi connectivity index (χ1v) is 8.84. The fraction of sp³-hybridized carbons (Fsp3) is 0.571. The highest BCUT2D eigenvalue weighted by molar-refractivity contribution is 5.75. The number of carbonyl (C=O) groups excluding carboxylic acids is 1. The Bertz CT molecular complexity index is 506. The van der Waals surface area contributed by atoms with Gasteiger partial charge in [0.2, 0.25) is 0 Å². The fourth-order valence-corrected chi connectivity index (χ4v) is 2.53. The van der Waals surface area contributed by atoms with E-state index >= 15 is 0 Å². The molecule has 2 unspecified atom stereocenters. The number of hydrogen-bond donors (Lipinski definition) is 0. The Hall–Kier alpha value is -1.57. The van der Waals surface area contributed by atoms with Crippen LogP contribution >= 0.6 is 0 Å². The molecule has 0 saturated heterocycles. The molecule has 128 valence electrons. The molecular weight excluding hydrogens is 284 g/mol. The second kappa shape index (κ2) is 8.90. The highest BCUT2D eigenvalue weighted by Crippen LogP contribution is 2.35. The van der Waals surface area contributed by atoms with Crippen molar-refractivity contribution in [3.8, 4) is 5.75 Å². The van der Waals surface area contributed by atoms with Gasteiger partial charge in [-0.2, -0.15) is 0 Å². The maximum atomic E-state index is 12.1. The van der Waals surface area contributed by atoms with E-state index in [9.17, 15) is 4.79 Å². The van der Waals surface area contributed by atoms with E-state index in [2.05, 4.69) is 52.0 Å². The van der Waals surface area contributed by atoms with Crippen molar-refractivity contribution in [1.82, 2.24) is 0 Å². The number of benzene rings is 1. The monoisotopic (exact) mass is 316 g/mol. The molecule has 1 aliphatic rings. The molecule has 0 heterocycles. The number of rotatable bonds is 3. The molecule has 1 aliphatic carbocycles. The average molecular weight is 316 g/mol. The first-order chi connectivity index (χ1) is 10.9. The number of esters is 1. The molecule has 0 aliphatic heterocycles. The Balaban J connectivity index is 0.00000127. The molecule has 0 fully saturated rings. The highest BCUT2D eigenvalue weighted by Gasteiger charge is 2.23. The van der Waals surface area contributed by atoms with Gasteiger partial charge >= 0.3 is 5.97 Å². The van der Waals surface area contributed by atoms with Crippen molar-refractivity contribution in [2.75, 3.05) is 0 Å². The molecule has 0 radical (unpaired) electrons. The van der Waals surface area contributed by atoms with Crippen LogP contribution in [0.15, 0.2) is 36.4 Å². The van der Waals surface area contributed by atoms with Crippen LogP contribution in [0, 0.1) is 11.3 Å². The summed E-state index contributed by atoms with van der Waals surface area (Å²) in [6.45, 7) is 12.9. The zero-order valence-electron chi connectivity index (χ0n) is 15.6. The van der Waals surface area contributed by atoms with E-state index in [4.69, 9.17) is 4.74 Å². The summed E-state index contributed by atoms with van der Waals surface area (Å²) in [6, 6.07) is 7.96. The standard InChI is InChI=1S/C19H26O2.C2H6/c1-14(19(2,3)4)15-10-12-17(13-11-15)21-18(20)16-8-6-5-7-9-16;1-2/h5-6,10-14,16H,7-9H2,1-4H3;1-2H3. The predicted octanol–water partition coefficient (Wildman–Crippen LogP) is 6.12. The quantitative estimate of drug-likeness (QED) is 0.381. The van der Waals surface area contributed by atoms with Gasteiger partial charge in [-0.1, -0.05) is 65.8 Å². The second-order valence-corrected chi connectivity index (χ2v) is 7.06. The lowest BCUT2D eigenvalue weighted by Crippen LogP contribution is -2.21. The van der Waals surface area contributed by atoms with Crippen molar-refractivity contribution in [1.29, 1.82) is 0 Å². The normalized spacial score (nSPS) is 18.6. The third-order valence-corrected chi connectivity index (χ3v) is 4.50. The van der Waals surface area contributed by atoms with E-state index in [1.54, 1.807) is 0 Å². The second-order valence-electron chi connectivity index (χ2n) is 7.06. The summed E-state index contributed by atoms with van der Waals surface area (Å²) < 4.78 is 5.50. The minimum Gasteiger partial charge on any atom is -0.426 e. The summed E-state index contributed by atoms with van der Waals surface area (Å²) in [5.41, 5.74) is 1.51. The number of ether oxygens (including phenoxy) is 1. The van der Waals surface area contributed by atoms with Crippen molar-refractivity contribution < 1.29 is 9.53 Å². The van der Waals surface area contributed by atoms with Crippen LogP contribution in [-0.2, 0) is 4.79 Å². The molecule has 2 atom stereocenters. The summed E-state index contributed by atoms with van der Waals surface area (Å²) in [7, 11) is 0. The third-order valence-electron chi connectivity index (χ3n) is 4.50. The lowest BCUT2D eigenvalue weighted by molar-refractivity contribution is -0.139. The van der Waals surface area contributed by atoms with Crippen LogP contribution < -0.4 is 4.74 Å². The Kier molecular flexibility index (Phi) is 7.54. The molecule has 2 rings (SSSR count). The van der Waals surface area contributed by atoms with Gasteiger partial charge in [-0.15, -0.1) is 0 Å². The summed E-state index contributed by atoms with van der Waals surface area (Å²) in [5.74, 6) is 1.03. The van der Waals surface area contributed by atoms with Crippen LogP contribution in [0.5, 0.6) is 5.75 Å². The summed E-state index contributed by atoms with van der Waals surface area (Å²) in [6.07, 6.45) is 6.88. The minimum atomic E-state index is -0.101. The molecule has 0 saturated carbocycles. The van der Waals surface area contributed by atoms with Crippen molar-refractivity contribution in [2.24, 2.45) is 11.3 Å². The van der Waals surface area contributed by atoms with Crippen molar-refractivity contribution >= 4 is 5.97 Å². The zero-order chi connectivity index (χ0) is 17.5. The summed E-state index contributed by atoms with van der Waals surface area (Å²) in [4.78, 5) is 12.1. The Morgan fingerprint density at radius 2 is 1.74 bits per heavy atom. The zero-order valence-corrected chi connectivity index (χ0v) is 15.6. The van der Waals surface area contributed by atoms with Gasteiger partial charge in [0.25, 0.3) is 0 Å². The van der Waals surface area contributed by atoms with Crippen LogP contribution in [-0.4, -0.2) is 5.97 Å². The van der Waals surface area contributed by atoms with Crippen LogP contribution in [0.25, 0.3) is 0 Å². The van der Waals surface area contributed by atoms with E-state index in [-0.39, 0.29) is 17.3 Å². The Morgan fingerprint density at radius 1 is 1.13 bits per heavy atom. The Labute approximate surface area is 141 Å². The highest BCUT2D eigenvalue weighted by atomic mass is 16.5. The largest absolute Gasteiger partial charge is 0.426 e. The molecule has 23 heavy (non-hydrogen) atoms. The van der Waals surface area contributed by atoms with Gasteiger partial charge in [0.1, 0.15) is 5.75 Å². The molecule has 0 amide bonds. The van der Waals surface area contributed by atoms with Gasteiger partial charge in [-0.25, -0.2) is 0 Å². The maximum Gasteiger partial charge on any atom is 0.314 e. The molecule has 2 nitrogen and oxygen atoms in total. The first-order valence-electron chi connectivity index (χ1n) is 8.84. The number of hydrogen-bond acceptors (Lipinski definition) is 2. The van der Waals surface area contributed by atoms with Crippen molar-refractivity contribution in [3.05, 3.63) is 42.0 Å². The molecule has 1 aromatic carbocycles.